The van der Waals surface area contributed by atoms with Crippen molar-refractivity contribution in [2.24, 2.45) is 5.92 Å². The second-order valence-corrected chi connectivity index (χ2v) is 9.37. The molecule has 1 aromatic carbocycles. The van der Waals surface area contributed by atoms with E-state index in [9.17, 15) is 19.2 Å². The topological polar surface area (TPSA) is 145 Å². The van der Waals surface area contributed by atoms with Gasteiger partial charge >= 0.3 is 17.6 Å². The largest absolute Gasteiger partial charge is 0.359 e. The Morgan fingerprint density at radius 3 is 2.67 bits per heavy atom. The van der Waals surface area contributed by atoms with Crippen molar-refractivity contribution in [3.05, 3.63) is 47.4 Å². The minimum Gasteiger partial charge on any atom is -0.359 e. The van der Waals surface area contributed by atoms with E-state index in [2.05, 4.69) is 10.6 Å². The van der Waals surface area contributed by atoms with E-state index in [4.69, 9.17) is 15.9 Å². The Hall–Kier alpha value is -3.73. The van der Waals surface area contributed by atoms with Gasteiger partial charge in [0.2, 0.25) is 0 Å². The number of carbonyl (C=O) groups excluding carboxylic acids is 2. The summed E-state index contributed by atoms with van der Waals surface area (Å²) in [7, 11) is 0. The lowest BCUT2D eigenvalue weighted by atomic mass is 9.90. The van der Waals surface area contributed by atoms with Crippen molar-refractivity contribution in [2.75, 3.05) is 29.5 Å². The van der Waals surface area contributed by atoms with Crippen LogP contribution in [0.25, 0.3) is 0 Å². The maximum Gasteiger partial charge on any atom is 0.322 e. The van der Waals surface area contributed by atoms with E-state index in [0.717, 1.165) is 31.0 Å². The van der Waals surface area contributed by atoms with Crippen LogP contribution in [-0.2, 0) is 14.3 Å². The van der Waals surface area contributed by atoms with Crippen molar-refractivity contribution >= 4 is 35.2 Å². The van der Waals surface area contributed by atoms with Crippen LogP contribution in [0, 0.1) is 17.1 Å². The van der Waals surface area contributed by atoms with Gasteiger partial charge in [0.1, 0.15) is 23.3 Å². The molecule has 0 radical (unpaired) electrons. The van der Waals surface area contributed by atoms with Crippen molar-refractivity contribution < 1.29 is 28.7 Å². The van der Waals surface area contributed by atoms with E-state index < -0.39 is 11.8 Å². The predicted molar refractivity (Wildman–Crippen MR) is 131 cm³/mol. The zero-order valence-corrected chi connectivity index (χ0v) is 20.2. The van der Waals surface area contributed by atoms with Crippen molar-refractivity contribution in [3.8, 4) is 0 Å². The number of piperidine rings is 1. The third-order valence-corrected chi connectivity index (χ3v) is 6.72. The number of aromatic nitrogens is 1. The molecule has 2 aromatic rings. The number of nitrogens with one attached hydrogen (secondary N) is 3. The third kappa shape index (κ3) is 5.40. The fourth-order valence-corrected chi connectivity index (χ4v) is 4.78. The molecule has 0 bridgehead atoms. The number of rotatable bonds is 5. The van der Waals surface area contributed by atoms with Crippen molar-refractivity contribution in [3.63, 3.8) is 0 Å². The number of pyridine rings is 1. The van der Waals surface area contributed by atoms with Crippen molar-refractivity contribution in [1.29, 1.82) is 5.41 Å². The average Bonchev–Trinajstić information content (AvgIpc) is 2.88. The summed E-state index contributed by atoms with van der Waals surface area (Å²) in [6.07, 6.45) is 5.87. The summed E-state index contributed by atoms with van der Waals surface area (Å²) in [5.41, 5.74) is 7.22. The summed E-state index contributed by atoms with van der Waals surface area (Å²) in [4.78, 5) is 28.1. The standard InChI is InChI=1S/C25H31FN6O4/c1-15-5-10-20(16-6-8-17(26)9-7-16)31(13-15)25(34)24(33)29-19-14-32(35)23(28)18(12-27)22(19)30-21-4-2-3-11-36-21/h6-9,12,14-15,20-21,35H,2-5,10-11,13H2,1H3,(H4,27,28,29,30,33)/p+1/t15-,20+,21?/m0/s1. The van der Waals surface area contributed by atoms with Gasteiger partial charge in [-0.15, -0.1) is 0 Å². The van der Waals surface area contributed by atoms with Gasteiger partial charge in [0, 0.05) is 19.4 Å². The summed E-state index contributed by atoms with van der Waals surface area (Å²) < 4.78 is 19.8. The zero-order chi connectivity index (χ0) is 25.8. The Kier molecular flexibility index (Phi) is 7.68. The number of nitrogens with two attached hydrogens (primary N) is 1. The predicted octanol–water partition coefficient (Wildman–Crippen LogP) is 2.81. The molecule has 1 unspecified atom stereocenters. The highest BCUT2D eigenvalue weighted by molar-refractivity contribution is 6.40. The first-order valence-corrected chi connectivity index (χ1v) is 12.1. The molecule has 6 N–H and O–H groups in total. The number of nitrogen functional groups attached to an aromatic ring is 1. The van der Waals surface area contributed by atoms with Crippen LogP contribution in [0.1, 0.15) is 56.2 Å². The minimum absolute atomic E-state index is 0.0844. The molecule has 10 nitrogen and oxygen atoms in total. The maximum absolute atomic E-state index is 13.5. The number of likely N-dealkylation sites (tertiary alicyclic amines) is 1. The molecule has 2 saturated heterocycles. The van der Waals surface area contributed by atoms with Gasteiger partial charge in [-0.1, -0.05) is 19.1 Å². The summed E-state index contributed by atoms with van der Waals surface area (Å²) in [6, 6.07) is 5.58. The molecule has 0 aliphatic carbocycles. The van der Waals surface area contributed by atoms with Gasteiger partial charge in [-0.25, -0.2) is 4.39 Å². The SMILES string of the molecule is C[C@H]1CC[C@H](c2ccc(F)cc2)N(C(=O)C(=O)Nc2c[n+](O)c(N)c(C=N)c2NC2CCCCO2)C1. The highest BCUT2D eigenvalue weighted by Gasteiger charge is 2.35. The van der Waals surface area contributed by atoms with Crippen LogP contribution >= 0.6 is 0 Å². The highest BCUT2D eigenvalue weighted by Crippen LogP contribution is 2.34. The highest BCUT2D eigenvalue weighted by atomic mass is 19.1. The number of nitrogens with zero attached hydrogens (tertiary/aromatic N) is 2. The van der Waals surface area contributed by atoms with E-state index >= 15 is 0 Å². The van der Waals surface area contributed by atoms with Gasteiger partial charge in [-0.05, 0) is 60.4 Å². The summed E-state index contributed by atoms with van der Waals surface area (Å²) in [5.74, 6) is -1.92. The van der Waals surface area contributed by atoms with Crippen LogP contribution in [0.15, 0.2) is 30.5 Å². The van der Waals surface area contributed by atoms with Gasteiger partial charge in [0.25, 0.3) is 0 Å². The lowest BCUT2D eigenvalue weighted by molar-refractivity contribution is -0.892. The maximum atomic E-state index is 13.5. The van der Waals surface area contributed by atoms with E-state index in [1.54, 1.807) is 12.1 Å². The lowest BCUT2D eigenvalue weighted by Crippen LogP contribution is -2.47. The molecule has 0 spiro atoms. The number of hydrogen-bond acceptors (Lipinski definition) is 7. The molecule has 4 rings (SSSR count). The molecule has 2 fully saturated rings. The molecule has 3 heterocycles. The quantitative estimate of drug-likeness (QED) is 0.185. The minimum atomic E-state index is -0.899. The van der Waals surface area contributed by atoms with Crippen molar-refractivity contribution in [2.45, 2.75) is 51.3 Å². The summed E-state index contributed by atoms with van der Waals surface area (Å²) in [6.45, 7) is 2.96. The second-order valence-electron chi connectivity index (χ2n) is 9.37. The van der Waals surface area contributed by atoms with Crippen LogP contribution in [0.3, 0.4) is 0 Å². The Bertz CT molecular complexity index is 1140. The van der Waals surface area contributed by atoms with Crippen LogP contribution in [0.5, 0.6) is 0 Å². The molecular weight excluding hydrogens is 467 g/mol. The second kappa shape index (κ2) is 10.9. The number of benzene rings is 1. The number of amides is 2. The Morgan fingerprint density at radius 2 is 2.00 bits per heavy atom. The molecule has 2 aliphatic rings. The number of carbonyl (C=O) groups is 2. The van der Waals surface area contributed by atoms with Crippen LogP contribution in [-0.4, -0.2) is 47.5 Å². The zero-order valence-electron chi connectivity index (χ0n) is 20.2. The molecule has 192 valence electrons. The normalized spacial score (nSPS) is 22.1. The molecule has 2 aliphatic heterocycles. The fraction of sp³-hybridized carbons (Fsp3) is 0.440. The fourth-order valence-electron chi connectivity index (χ4n) is 4.78. The van der Waals surface area contributed by atoms with Gasteiger partial charge in [-0.3, -0.25) is 15.3 Å². The number of ether oxygens (including phenoxy) is 1. The van der Waals surface area contributed by atoms with Gasteiger partial charge in [-0.2, -0.15) is 0 Å². The Morgan fingerprint density at radius 1 is 1.25 bits per heavy atom. The molecule has 1 aromatic heterocycles. The Balaban J connectivity index is 1.61. The van der Waals surface area contributed by atoms with Crippen LogP contribution < -0.4 is 21.1 Å². The molecule has 36 heavy (non-hydrogen) atoms. The van der Waals surface area contributed by atoms with Gasteiger partial charge in [0.15, 0.2) is 6.20 Å². The molecule has 11 heteroatoms. The number of hydrogen-bond donors (Lipinski definition) is 5. The summed E-state index contributed by atoms with van der Waals surface area (Å²) in [5, 5.41) is 23.8. The van der Waals surface area contributed by atoms with Gasteiger partial charge in [0.05, 0.1) is 11.7 Å². The summed E-state index contributed by atoms with van der Waals surface area (Å²) >= 11 is 0. The first kappa shape index (κ1) is 25.4. The van der Waals surface area contributed by atoms with Crippen LogP contribution in [0.2, 0.25) is 0 Å². The third-order valence-electron chi connectivity index (χ3n) is 6.72. The molecule has 3 atom stereocenters. The first-order chi connectivity index (χ1) is 17.3. The smallest absolute Gasteiger partial charge is 0.322 e. The lowest BCUT2D eigenvalue weighted by Gasteiger charge is -2.38. The van der Waals surface area contributed by atoms with Gasteiger partial charge < -0.3 is 30.9 Å². The molecule has 2 amide bonds. The van der Waals surface area contributed by atoms with E-state index in [1.165, 1.54) is 23.2 Å². The first-order valence-electron chi connectivity index (χ1n) is 12.1. The number of anilines is 3. The van der Waals surface area contributed by atoms with E-state index in [1.807, 2.05) is 6.92 Å². The monoisotopic (exact) mass is 499 g/mol. The van der Waals surface area contributed by atoms with E-state index in [0.29, 0.717) is 30.7 Å². The molecule has 0 saturated carbocycles. The van der Waals surface area contributed by atoms with Crippen molar-refractivity contribution in [1.82, 2.24) is 4.90 Å². The Labute approximate surface area is 208 Å². The number of halogens is 1. The van der Waals surface area contributed by atoms with Crippen LogP contribution in [0.4, 0.5) is 21.6 Å². The average molecular weight is 500 g/mol. The van der Waals surface area contributed by atoms with E-state index in [-0.39, 0.29) is 46.8 Å². The molecular formula is C25H32FN6O4+.